The number of esters is 1. The number of carbonyl (C=O) groups excluding carboxylic acids is 2. The Labute approximate surface area is 186 Å². The van der Waals surface area contributed by atoms with Crippen LogP contribution in [-0.2, 0) is 22.4 Å². The third kappa shape index (κ3) is 4.90. The zero-order chi connectivity index (χ0) is 22.0. The van der Waals surface area contributed by atoms with E-state index >= 15 is 0 Å². The Bertz CT molecular complexity index is 1120. The molecule has 0 saturated heterocycles. The average Bonchev–Trinajstić information content (AvgIpc) is 3.08. The molecule has 1 aliphatic rings. The van der Waals surface area contributed by atoms with Gasteiger partial charge in [0.05, 0.1) is 11.7 Å². The molecule has 0 bridgehead atoms. The van der Waals surface area contributed by atoms with Crippen molar-refractivity contribution in [2.45, 2.75) is 46.1 Å². The van der Waals surface area contributed by atoms with E-state index < -0.39 is 0 Å². The average molecular weight is 438 g/mol. The lowest BCUT2D eigenvalue weighted by molar-refractivity contribution is -0.118. The van der Waals surface area contributed by atoms with E-state index in [9.17, 15) is 9.59 Å². The second-order valence-corrected chi connectivity index (χ2v) is 9.46. The van der Waals surface area contributed by atoms with E-state index in [0.29, 0.717) is 22.2 Å². The molecule has 31 heavy (non-hydrogen) atoms. The molecule has 1 atom stereocenters. The van der Waals surface area contributed by atoms with Crippen LogP contribution in [0.25, 0.3) is 10.8 Å². The molecule has 4 rings (SSSR count). The van der Waals surface area contributed by atoms with Crippen LogP contribution >= 0.6 is 11.3 Å². The van der Waals surface area contributed by atoms with Crippen molar-refractivity contribution < 1.29 is 19.1 Å². The van der Waals surface area contributed by atoms with Crippen LogP contribution in [0, 0.1) is 5.92 Å². The maximum atomic E-state index is 12.8. The van der Waals surface area contributed by atoms with E-state index in [0.717, 1.165) is 35.6 Å². The van der Waals surface area contributed by atoms with Gasteiger partial charge in [0.25, 0.3) is 5.91 Å². The minimum Gasteiger partial charge on any atom is -0.484 e. The highest BCUT2D eigenvalue weighted by Gasteiger charge is 2.29. The monoisotopic (exact) mass is 437 g/mol. The summed E-state index contributed by atoms with van der Waals surface area (Å²) < 4.78 is 11.2. The van der Waals surface area contributed by atoms with Crippen LogP contribution in [0.15, 0.2) is 42.5 Å². The van der Waals surface area contributed by atoms with Gasteiger partial charge < -0.3 is 14.8 Å². The standard InChI is InChI=1S/C25H27NO4S/c1-15(2)30-25(28)23-20-11-8-16(3)12-21(20)31-24(23)26-22(27)14-29-19-10-9-17-6-4-5-7-18(17)13-19/h4-7,9-10,13,15-16H,8,11-12,14H2,1-3H3,(H,26,27). The lowest BCUT2D eigenvalue weighted by atomic mass is 9.88. The van der Waals surface area contributed by atoms with E-state index in [1.807, 2.05) is 56.3 Å². The fraction of sp³-hybridized carbons (Fsp3) is 0.360. The van der Waals surface area contributed by atoms with Crippen LogP contribution in [0.3, 0.4) is 0 Å². The molecule has 1 aliphatic carbocycles. The lowest BCUT2D eigenvalue weighted by Gasteiger charge is -2.18. The van der Waals surface area contributed by atoms with Crippen molar-refractivity contribution in [3.8, 4) is 5.75 Å². The van der Waals surface area contributed by atoms with Gasteiger partial charge in [-0.15, -0.1) is 11.3 Å². The predicted octanol–water partition coefficient (Wildman–Crippen LogP) is 5.61. The van der Waals surface area contributed by atoms with Gasteiger partial charge in [-0.2, -0.15) is 0 Å². The molecule has 2 aromatic carbocycles. The predicted molar refractivity (Wildman–Crippen MR) is 124 cm³/mol. The Morgan fingerprint density at radius 2 is 1.94 bits per heavy atom. The Morgan fingerprint density at radius 3 is 2.71 bits per heavy atom. The normalized spacial score (nSPS) is 15.5. The van der Waals surface area contributed by atoms with Crippen LogP contribution in [0.2, 0.25) is 0 Å². The highest BCUT2D eigenvalue weighted by atomic mass is 32.1. The Morgan fingerprint density at radius 1 is 1.16 bits per heavy atom. The van der Waals surface area contributed by atoms with Gasteiger partial charge in [-0.05, 0) is 67.5 Å². The van der Waals surface area contributed by atoms with Gasteiger partial charge in [0.2, 0.25) is 0 Å². The molecular weight excluding hydrogens is 410 g/mol. The van der Waals surface area contributed by atoms with Gasteiger partial charge in [-0.25, -0.2) is 4.79 Å². The van der Waals surface area contributed by atoms with Gasteiger partial charge in [0.15, 0.2) is 6.61 Å². The molecule has 1 aromatic heterocycles. The quantitative estimate of drug-likeness (QED) is 0.509. The van der Waals surface area contributed by atoms with E-state index in [4.69, 9.17) is 9.47 Å². The number of ether oxygens (including phenoxy) is 2. The van der Waals surface area contributed by atoms with E-state index in [2.05, 4.69) is 12.2 Å². The van der Waals surface area contributed by atoms with Crippen molar-refractivity contribution in [3.63, 3.8) is 0 Å². The minimum absolute atomic E-state index is 0.129. The first-order chi connectivity index (χ1) is 14.9. The van der Waals surface area contributed by atoms with Crippen molar-refractivity contribution in [3.05, 3.63) is 58.5 Å². The topological polar surface area (TPSA) is 64.6 Å². The number of thiophene rings is 1. The van der Waals surface area contributed by atoms with Gasteiger partial charge in [0.1, 0.15) is 10.8 Å². The fourth-order valence-corrected chi connectivity index (χ4v) is 5.31. The molecule has 3 aromatic rings. The smallest absolute Gasteiger partial charge is 0.341 e. The Balaban J connectivity index is 1.49. The summed E-state index contributed by atoms with van der Waals surface area (Å²) in [5.41, 5.74) is 1.54. The maximum absolute atomic E-state index is 12.8. The lowest BCUT2D eigenvalue weighted by Crippen LogP contribution is -2.22. The highest BCUT2D eigenvalue weighted by molar-refractivity contribution is 7.17. The summed E-state index contributed by atoms with van der Waals surface area (Å²) in [6.45, 7) is 5.74. The molecule has 0 fully saturated rings. The molecule has 0 aliphatic heterocycles. The van der Waals surface area contributed by atoms with Crippen LogP contribution < -0.4 is 10.1 Å². The van der Waals surface area contributed by atoms with Crippen molar-refractivity contribution in [2.24, 2.45) is 5.92 Å². The zero-order valence-electron chi connectivity index (χ0n) is 18.1. The minimum atomic E-state index is -0.368. The van der Waals surface area contributed by atoms with Crippen LogP contribution in [0.4, 0.5) is 5.00 Å². The van der Waals surface area contributed by atoms with Crippen molar-refractivity contribution >= 4 is 39.0 Å². The molecule has 6 heteroatoms. The number of hydrogen-bond acceptors (Lipinski definition) is 5. The first-order valence-corrected chi connectivity index (χ1v) is 11.5. The number of rotatable bonds is 6. The van der Waals surface area contributed by atoms with Gasteiger partial charge in [-0.3, -0.25) is 4.79 Å². The third-order valence-corrected chi connectivity index (χ3v) is 6.57. The molecule has 1 N–H and O–H groups in total. The molecule has 1 amide bonds. The summed E-state index contributed by atoms with van der Waals surface area (Å²) in [6.07, 6.45) is 2.57. The maximum Gasteiger partial charge on any atom is 0.341 e. The summed E-state index contributed by atoms with van der Waals surface area (Å²) in [5, 5.41) is 5.64. The second-order valence-electron chi connectivity index (χ2n) is 8.36. The summed E-state index contributed by atoms with van der Waals surface area (Å²) >= 11 is 1.48. The molecule has 1 heterocycles. The molecule has 5 nitrogen and oxygen atoms in total. The second kappa shape index (κ2) is 9.10. The summed E-state index contributed by atoms with van der Waals surface area (Å²) in [5.74, 6) is 0.540. The van der Waals surface area contributed by atoms with Gasteiger partial charge in [-0.1, -0.05) is 37.3 Å². The number of amides is 1. The number of hydrogen-bond donors (Lipinski definition) is 1. The van der Waals surface area contributed by atoms with Crippen molar-refractivity contribution in [2.75, 3.05) is 11.9 Å². The largest absolute Gasteiger partial charge is 0.484 e. The van der Waals surface area contributed by atoms with E-state index in [1.54, 1.807) is 0 Å². The van der Waals surface area contributed by atoms with Gasteiger partial charge >= 0.3 is 5.97 Å². The molecule has 162 valence electrons. The molecule has 1 unspecified atom stereocenters. The van der Waals surface area contributed by atoms with Gasteiger partial charge in [0, 0.05) is 4.88 Å². The highest BCUT2D eigenvalue weighted by Crippen LogP contribution is 2.40. The number of benzene rings is 2. The third-order valence-electron chi connectivity index (χ3n) is 5.40. The Hall–Kier alpha value is -2.86. The number of carbonyl (C=O) groups is 2. The molecule has 0 saturated carbocycles. The van der Waals surface area contributed by atoms with Crippen LogP contribution in [-0.4, -0.2) is 24.6 Å². The fourth-order valence-electron chi connectivity index (χ4n) is 3.90. The number of fused-ring (bicyclic) bond motifs is 2. The van der Waals surface area contributed by atoms with Crippen molar-refractivity contribution in [1.82, 2.24) is 0 Å². The number of nitrogens with one attached hydrogen (secondary N) is 1. The van der Waals surface area contributed by atoms with Crippen LogP contribution in [0.1, 0.15) is 48.0 Å². The van der Waals surface area contributed by atoms with E-state index in [1.165, 1.54) is 16.2 Å². The SMILES string of the molecule is CC1CCc2c(sc(NC(=O)COc3ccc4ccccc4c3)c2C(=O)OC(C)C)C1. The van der Waals surface area contributed by atoms with Crippen LogP contribution in [0.5, 0.6) is 5.75 Å². The summed E-state index contributed by atoms with van der Waals surface area (Å²) in [7, 11) is 0. The summed E-state index contributed by atoms with van der Waals surface area (Å²) in [6, 6.07) is 13.7. The summed E-state index contributed by atoms with van der Waals surface area (Å²) in [4.78, 5) is 26.6. The molecule has 0 radical (unpaired) electrons. The first kappa shape index (κ1) is 21.4. The van der Waals surface area contributed by atoms with E-state index in [-0.39, 0.29) is 24.6 Å². The number of anilines is 1. The molecule has 0 spiro atoms. The molecular formula is C25H27NO4S. The Kier molecular flexibility index (Phi) is 6.28. The van der Waals surface area contributed by atoms with Crippen molar-refractivity contribution in [1.29, 1.82) is 0 Å². The zero-order valence-corrected chi connectivity index (χ0v) is 18.9. The first-order valence-electron chi connectivity index (χ1n) is 10.7.